The van der Waals surface area contributed by atoms with Crippen LogP contribution in [0, 0.1) is 0 Å². The number of ether oxygens (including phenoxy) is 1. The van der Waals surface area contributed by atoms with Gasteiger partial charge in [-0.1, -0.05) is 51.5 Å². The summed E-state index contributed by atoms with van der Waals surface area (Å²) in [4.78, 5) is 11.7. The van der Waals surface area contributed by atoms with Gasteiger partial charge >= 0.3 is 0 Å². The lowest BCUT2D eigenvalue weighted by Crippen LogP contribution is -1.99. The molecule has 0 amide bonds. The van der Waals surface area contributed by atoms with Gasteiger partial charge in [0.2, 0.25) is 0 Å². The lowest BCUT2D eigenvalue weighted by molar-refractivity contribution is 0.0994. The number of hydrogen-bond donors (Lipinski definition) is 0. The molecule has 0 saturated carbocycles. The average molecular weight is 274 g/mol. The Bertz CT molecular complexity index is 437. The number of carbonyl (C=O) groups is 1. The van der Waals surface area contributed by atoms with Gasteiger partial charge in [0.15, 0.2) is 5.78 Å². The highest BCUT2D eigenvalue weighted by atomic mass is 16.5. The zero-order valence-corrected chi connectivity index (χ0v) is 12.6. The van der Waals surface area contributed by atoms with Crippen molar-refractivity contribution >= 4 is 5.78 Å². The van der Waals surface area contributed by atoms with E-state index in [1.807, 2.05) is 18.2 Å². The quantitative estimate of drug-likeness (QED) is 0.596. The van der Waals surface area contributed by atoms with Crippen molar-refractivity contribution < 1.29 is 9.53 Å². The second-order valence-corrected chi connectivity index (χ2v) is 5.71. The number of unbranched alkanes of at least 4 members (excludes halogenated alkanes) is 6. The van der Waals surface area contributed by atoms with Gasteiger partial charge < -0.3 is 4.74 Å². The SMILES string of the molecule is CCCCCCCCCOc1ccc2c(c1)C(=O)CC2. The summed E-state index contributed by atoms with van der Waals surface area (Å²) in [6.45, 7) is 3.01. The zero-order chi connectivity index (χ0) is 14.2. The van der Waals surface area contributed by atoms with E-state index in [-0.39, 0.29) is 5.78 Å². The summed E-state index contributed by atoms with van der Waals surface area (Å²) in [7, 11) is 0. The molecule has 1 aliphatic carbocycles. The highest BCUT2D eigenvalue weighted by Gasteiger charge is 2.19. The van der Waals surface area contributed by atoms with Crippen molar-refractivity contribution in [1.82, 2.24) is 0 Å². The molecular formula is C18H26O2. The van der Waals surface area contributed by atoms with Crippen LogP contribution in [-0.2, 0) is 6.42 Å². The molecule has 2 rings (SSSR count). The number of hydrogen-bond acceptors (Lipinski definition) is 2. The third-order valence-electron chi connectivity index (χ3n) is 4.02. The van der Waals surface area contributed by atoms with E-state index >= 15 is 0 Å². The first kappa shape index (κ1) is 15.1. The minimum absolute atomic E-state index is 0.265. The molecule has 1 aliphatic rings. The molecule has 0 fully saturated rings. The molecule has 2 nitrogen and oxygen atoms in total. The van der Waals surface area contributed by atoms with Gasteiger partial charge in [-0.25, -0.2) is 0 Å². The summed E-state index contributed by atoms with van der Waals surface area (Å²) >= 11 is 0. The van der Waals surface area contributed by atoms with Gasteiger partial charge in [0.25, 0.3) is 0 Å². The average Bonchev–Trinajstić information content (AvgIpc) is 2.83. The van der Waals surface area contributed by atoms with E-state index in [1.54, 1.807) is 0 Å². The van der Waals surface area contributed by atoms with Gasteiger partial charge in [0.05, 0.1) is 6.61 Å². The molecule has 20 heavy (non-hydrogen) atoms. The molecule has 0 aliphatic heterocycles. The maximum atomic E-state index is 11.7. The number of carbonyl (C=O) groups excluding carboxylic acids is 1. The fourth-order valence-corrected chi connectivity index (χ4v) is 2.75. The zero-order valence-electron chi connectivity index (χ0n) is 12.6. The Morgan fingerprint density at radius 2 is 1.75 bits per heavy atom. The Labute approximate surface area is 122 Å². The van der Waals surface area contributed by atoms with E-state index in [4.69, 9.17) is 4.74 Å². The first-order valence-corrected chi connectivity index (χ1v) is 8.10. The fourth-order valence-electron chi connectivity index (χ4n) is 2.75. The first-order chi connectivity index (χ1) is 9.81. The molecule has 0 N–H and O–H groups in total. The topological polar surface area (TPSA) is 26.3 Å². The van der Waals surface area contributed by atoms with Crippen LogP contribution in [0.2, 0.25) is 0 Å². The Hall–Kier alpha value is -1.31. The van der Waals surface area contributed by atoms with Crippen LogP contribution in [0.4, 0.5) is 0 Å². The number of aryl methyl sites for hydroxylation is 1. The van der Waals surface area contributed by atoms with Gasteiger partial charge in [0, 0.05) is 12.0 Å². The number of rotatable bonds is 9. The predicted octanol–water partition coefficient (Wildman–Crippen LogP) is 4.94. The standard InChI is InChI=1S/C18H26O2/c1-2-3-4-5-6-7-8-13-20-16-11-9-15-10-12-18(19)17(15)14-16/h9,11,14H,2-8,10,12-13H2,1H3. The van der Waals surface area contributed by atoms with E-state index in [0.29, 0.717) is 6.42 Å². The maximum Gasteiger partial charge on any atom is 0.163 e. The largest absolute Gasteiger partial charge is 0.494 e. The number of fused-ring (bicyclic) bond motifs is 1. The predicted molar refractivity (Wildman–Crippen MR) is 82.6 cm³/mol. The molecule has 1 aromatic carbocycles. The number of ketones is 1. The van der Waals surface area contributed by atoms with Crippen LogP contribution < -0.4 is 4.74 Å². The lowest BCUT2D eigenvalue weighted by atomic mass is 10.1. The Kier molecular flexibility index (Phi) is 6.10. The van der Waals surface area contributed by atoms with Crippen molar-refractivity contribution in [3.05, 3.63) is 29.3 Å². The molecule has 1 aromatic rings. The van der Waals surface area contributed by atoms with Gasteiger partial charge in [-0.05, 0) is 30.5 Å². The maximum absolute atomic E-state index is 11.7. The van der Waals surface area contributed by atoms with Crippen molar-refractivity contribution in [2.45, 2.75) is 64.7 Å². The molecule has 110 valence electrons. The van der Waals surface area contributed by atoms with Crippen molar-refractivity contribution in [3.63, 3.8) is 0 Å². The van der Waals surface area contributed by atoms with Crippen molar-refractivity contribution in [2.75, 3.05) is 6.61 Å². The van der Waals surface area contributed by atoms with Crippen molar-refractivity contribution in [1.29, 1.82) is 0 Å². The number of Topliss-reactive ketones (excluding diaryl/α,β-unsaturated/α-hetero) is 1. The summed E-state index contributed by atoms with van der Waals surface area (Å²) in [5.74, 6) is 1.12. The molecule has 0 aromatic heterocycles. The van der Waals surface area contributed by atoms with Gasteiger partial charge in [0.1, 0.15) is 5.75 Å². The second-order valence-electron chi connectivity index (χ2n) is 5.71. The monoisotopic (exact) mass is 274 g/mol. The molecule has 0 atom stereocenters. The van der Waals surface area contributed by atoms with Crippen LogP contribution in [-0.4, -0.2) is 12.4 Å². The molecule has 2 heteroatoms. The third kappa shape index (κ3) is 4.36. The van der Waals surface area contributed by atoms with E-state index in [1.165, 1.54) is 44.1 Å². The summed E-state index contributed by atoms with van der Waals surface area (Å²) in [5.41, 5.74) is 2.06. The Balaban J connectivity index is 1.63. The van der Waals surface area contributed by atoms with Crippen LogP contribution in [0.1, 0.15) is 74.2 Å². The second kappa shape index (κ2) is 8.08. The smallest absolute Gasteiger partial charge is 0.163 e. The minimum Gasteiger partial charge on any atom is -0.494 e. The number of benzene rings is 1. The molecule has 0 saturated heterocycles. The molecular weight excluding hydrogens is 248 g/mol. The molecule has 0 unspecified atom stereocenters. The van der Waals surface area contributed by atoms with Crippen molar-refractivity contribution in [2.24, 2.45) is 0 Å². The lowest BCUT2D eigenvalue weighted by Gasteiger charge is -2.07. The van der Waals surface area contributed by atoms with Crippen LogP contribution >= 0.6 is 0 Å². The third-order valence-corrected chi connectivity index (χ3v) is 4.02. The molecule has 0 spiro atoms. The van der Waals surface area contributed by atoms with Crippen LogP contribution in [0.3, 0.4) is 0 Å². The van der Waals surface area contributed by atoms with Gasteiger partial charge in [-0.15, -0.1) is 0 Å². The molecule has 0 bridgehead atoms. The Morgan fingerprint density at radius 1 is 1.00 bits per heavy atom. The van der Waals surface area contributed by atoms with E-state index in [9.17, 15) is 4.79 Å². The summed E-state index contributed by atoms with van der Waals surface area (Å²) in [5, 5.41) is 0. The van der Waals surface area contributed by atoms with Crippen molar-refractivity contribution in [3.8, 4) is 5.75 Å². The van der Waals surface area contributed by atoms with E-state index in [0.717, 1.165) is 30.8 Å². The Morgan fingerprint density at radius 3 is 2.55 bits per heavy atom. The minimum atomic E-state index is 0.265. The summed E-state index contributed by atoms with van der Waals surface area (Å²) in [6, 6.07) is 5.96. The fraction of sp³-hybridized carbons (Fsp3) is 0.611. The van der Waals surface area contributed by atoms with Gasteiger partial charge in [-0.3, -0.25) is 4.79 Å². The highest BCUT2D eigenvalue weighted by molar-refractivity contribution is 6.00. The molecule has 0 heterocycles. The van der Waals surface area contributed by atoms with Crippen LogP contribution in [0.5, 0.6) is 5.75 Å². The van der Waals surface area contributed by atoms with Gasteiger partial charge in [-0.2, -0.15) is 0 Å². The van der Waals surface area contributed by atoms with Crippen LogP contribution in [0.15, 0.2) is 18.2 Å². The molecule has 0 radical (unpaired) electrons. The normalized spacial score (nSPS) is 13.6. The van der Waals surface area contributed by atoms with E-state index in [2.05, 4.69) is 6.92 Å². The van der Waals surface area contributed by atoms with E-state index < -0.39 is 0 Å². The summed E-state index contributed by atoms with van der Waals surface area (Å²) in [6.07, 6.45) is 10.6. The first-order valence-electron chi connectivity index (χ1n) is 8.10. The highest BCUT2D eigenvalue weighted by Crippen LogP contribution is 2.26. The summed E-state index contributed by atoms with van der Waals surface area (Å²) < 4.78 is 5.76. The van der Waals surface area contributed by atoms with Crippen LogP contribution in [0.25, 0.3) is 0 Å².